The van der Waals surface area contributed by atoms with Gasteiger partial charge in [-0.1, -0.05) is 0 Å². The Labute approximate surface area is 162 Å². The molecule has 148 valence electrons. The van der Waals surface area contributed by atoms with Crippen LogP contribution in [0, 0.1) is 0 Å². The van der Waals surface area contributed by atoms with E-state index >= 15 is 0 Å². The van der Waals surface area contributed by atoms with Crippen molar-refractivity contribution in [2.24, 2.45) is 0 Å². The van der Waals surface area contributed by atoms with Gasteiger partial charge in [-0.3, -0.25) is 9.36 Å². The molecule has 0 spiro atoms. The van der Waals surface area contributed by atoms with E-state index in [1.807, 2.05) is 40.9 Å². The summed E-state index contributed by atoms with van der Waals surface area (Å²) in [7, 11) is 0. The predicted molar refractivity (Wildman–Crippen MR) is 103 cm³/mol. The Kier molecular flexibility index (Phi) is 5.14. The lowest BCUT2D eigenvalue weighted by Gasteiger charge is -2.34. The molecule has 1 aliphatic heterocycles. The molecular weight excluding hydrogens is 358 g/mol. The van der Waals surface area contributed by atoms with Gasteiger partial charge in [0.25, 0.3) is 0 Å². The molecule has 3 aromatic rings. The van der Waals surface area contributed by atoms with Gasteiger partial charge in [-0.25, -0.2) is 14.9 Å². The number of aromatic nitrogens is 6. The average molecular weight is 383 g/mol. The Hall–Kier alpha value is -3.10. The first-order valence-corrected chi connectivity index (χ1v) is 9.71. The van der Waals surface area contributed by atoms with Crippen molar-refractivity contribution in [3.8, 4) is 0 Å². The van der Waals surface area contributed by atoms with E-state index in [0.29, 0.717) is 26.1 Å². The number of likely N-dealkylation sites (tertiary alicyclic amines) is 1. The monoisotopic (exact) mass is 383 g/mol. The van der Waals surface area contributed by atoms with Crippen LogP contribution in [0.25, 0.3) is 0 Å². The smallest absolute Gasteiger partial charge is 0.343 e. The van der Waals surface area contributed by atoms with Crippen molar-refractivity contribution in [1.82, 2.24) is 34.2 Å². The lowest BCUT2D eigenvalue weighted by atomic mass is 9.95. The van der Waals surface area contributed by atoms with E-state index in [-0.39, 0.29) is 23.6 Å². The first kappa shape index (κ1) is 18.3. The van der Waals surface area contributed by atoms with Crippen LogP contribution in [0.5, 0.6) is 0 Å². The quantitative estimate of drug-likeness (QED) is 0.669. The molecule has 1 amide bonds. The molecule has 1 atom stereocenters. The van der Waals surface area contributed by atoms with Crippen LogP contribution in [-0.2, 0) is 17.8 Å². The highest BCUT2D eigenvalue weighted by atomic mass is 16.2. The molecule has 0 aliphatic carbocycles. The van der Waals surface area contributed by atoms with Crippen LogP contribution in [0.2, 0.25) is 0 Å². The predicted octanol–water partition coefficient (Wildman–Crippen LogP) is 1.31. The second-order valence-electron chi connectivity index (χ2n) is 7.16. The lowest BCUT2D eigenvalue weighted by Crippen LogP contribution is -2.43. The third-order valence-corrected chi connectivity index (χ3v) is 5.52. The molecule has 1 fully saturated rings. The molecule has 9 nitrogen and oxygen atoms in total. The number of rotatable bonds is 6. The van der Waals surface area contributed by atoms with Gasteiger partial charge in [0, 0.05) is 56.3 Å². The molecule has 28 heavy (non-hydrogen) atoms. The Morgan fingerprint density at radius 3 is 2.68 bits per heavy atom. The van der Waals surface area contributed by atoms with Crippen molar-refractivity contribution in [3.63, 3.8) is 0 Å². The molecule has 0 unspecified atom stereocenters. The topological polar surface area (TPSA) is 105 Å². The van der Waals surface area contributed by atoms with Crippen LogP contribution < -0.4 is 5.69 Å². The van der Waals surface area contributed by atoms with Crippen LogP contribution in [0.3, 0.4) is 0 Å². The number of nitrogens with one attached hydrogen (secondary N) is 2. The summed E-state index contributed by atoms with van der Waals surface area (Å²) in [5.74, 6) is 1.11. The zero-order valence-electron chi connectivity index (χ0n) is 15.9. The Bertz CT molecular complexity index is 947. The van der Waals surface area contributed by atoms with Crippen molar-refractivity contribution < 1.29 is 4.79 Å². The minimum Gasteiger partial charge on any atom is -0.348 e. The van der Waals surface area contributed by atoms with Gasteiger partial charge in [0.1, 0.15) is 11.9 Å². The fourth-order valence-electron chi connectivity index (χ4n) is 4.00. The summed E-state index contributed by atoms with van der Waals surface area (Å²) in [5, 5.41) is 6.76. The Morgan fingerprint density at radius 2 is 2.04 bits per heavy atom. The number of aromatic amines is 2. The molecule has 0 bridgehead atoms. The fraction of sp³-hybridized carbons (Fsp3) is 0.474. The summed E-state index contributed by atoms with van der Waals surface area (Å²) in [5.41, 5.74) is 0.772. The molecular formula is C19H25N7O2. The minimum atomic E-state index is -0.300. The van der Waals surface area contributed by atoms with Crippen LogP contribution in [0.15, 0.2) is 41.8 Å². The van der Waals surface area contributed by atoms with E-state index in [1.54, 1.807) is 17.1 Å². The summed E-state index contributed by atoms with van der Waals surface area (Å²) in [6, 6.07) is 3.56. The second-order valence-corrected chi connectivity index (χ2v) is 7.16. The fourth-order valence-corrected chi connectivity index (χ4v) is 4.00. The third kappa shape index (κ3) is 3.51. The van der Waals surface area contributed by atoms with Gasteiger partial charge >= 0.3 is 5.69 Å². The van der Waals surface area contributed by atoms with Crippen molar-refractivity contribution in [2.75, 3.05) is 13.1 Å². The van der Waals surface area contributed by atoms with Crippen molar-refractivity contribution in [1.29, 1.82) is 0 Å². The standard InChI is InChI=1S/C19H25N7O2/c1-2-26-17(22-23-19(26)28)14-5-9-25(10-6-14)18(27)16(24-7-3-4-8-24)11-15-12-20-13-21-15/h3-4,7-8,12-14,16H,2,5-6,9-11H2,1H3,(H,20,21)(H,23,28)/t16-/m1/s1. The van der Waals surface area contributed by atoms with E-state index in [0.717, 1.165) is 24.4 Å². The number of nitrogens with zero attached hydrogens (tertiary/aromatic N) is 5. The SMILES string of the molecule is CCn1c(C2CCN(C(=O)[C@@H](Cc3cnc[nH]3)n3cccc3)CC2)n[nH]c1=O. The van der Waals surface area contributed by atoms with E-state index in [9.17, 15) is 9.59 Å². The first-order chi connectivity index (χ1) is 13.7. The van der Waals surface area contributed by atoms with E-state index in [2.05, 4.69) is 20.2 Å². The zero-order chi connectivity index (χ0) is 19.5. The highest BCUT2D eigenvalue weighted by Gasteiger charge is 2.31. The van der Waals surface area contributed by atoms with Gasteiger partial charge < -0.3 is 14.5 Å². The second kappa shape index (κ2) is 7.87. The highest BCUT2D eigenvalue weighted by Crippen LogP contribution is 2.28. The first-order valence-electron chi connectivity index (χ1n) is 9.71. The number of carbonyl (C=O) groups is 1. The summed E-state index contributed by atoms with van der Waals surface area (Å²) in [4.78, 5) is 34.2. The van der Waals surface area contributed by atoms with Gasteiger partial charge in [-0.15, -0.1) is 0 Å². The number of amides is 1. The maximum absolute atomic E-state index is 13.3. The molecule has 4 heterocycles. The number of piperidine rings is 1. The summed E-state index contributed by atoms with van der Waals surface area (Å²) in [6.07, 6.45) is 9.43. The Balaban J connectivity index is 1.46. The number of imidazole rings is 1. The van der Waals surface area contributed by atoms with Crippen LogP contribution in [0.4, 0.5) is 0 Å². The van der Waals surface area contributed by atoms with Gasteiger partial charge in [0.2, 0.25) is 5.91 Å². The Morgan fingerprint density at radius 1 is 1.29 bits per heavy atom. The van der Waals surface area contributed by atoms with Crippen molar-refractivity contribution in [3.05, 3.63) is 59.1 Å². The van der Waals surface area contributed by atoms with Crippen molar-refractivity contribution in [2.45, 2.75) is 44.7 Å². The minimum absolute atomic E-state index is 0.110. The molecule has 1 aliphatic rings. The summed E-state index contributed by atoms with van der Waals surface area (Å²) < 4.78 is 3.64. The van der Waals surface area contributed by atoms with Crippen LogP contribution >= 0.6 is 0 Å². The number of hydrogen-bond acceptors (Lipinski definition) is 4. The molecule has 1 saturated heterocycles. The zero-order valence-corrected chi connectivity index (χ0v) is 15.9. The maximum Gasteiger partial charge on any atom is 0.343 e. The third-order valence-electron chi connectivity index (χ3n) is 5.52. The average Bonchev–Trinajstić information content (AvgIpc) is 3.47. The normalized spacial score (nSPS) is 16.4. The largest absolute Gasteiger partial charge is 0.348 e. The molecule has 0 radical (unpaired) electrons. The van der Waals surface area contributed by atoms with Crippen molar-refractivity contribution >= 4 is 5.91 Å². The van der Waals surface area contributed by atoms with Crippen LogP contribution in [-0.4, -0.2) is 53.2 Å². The maximum atomic E-state index is 13.3. The molecule has 2 N–H and O–H groups in total. The van der Waals surface area contributed by atoms with E-state index in [1.165, 1.54) is 0 Å². The molecule has 3 aromatic heterocycles. The van der Waals surface area contributed by atoms with Crippen LogP contribution in [0.1, 0.15) is 43.2 Å². The van der Waals surface area contributed by atoms with E-state index in [4.69, 9.17) is 0 Å². The molecule has 4 rings (SSSR count). The number of H-pyrrole nitrogens is 2. The summed E-state index contributed by atoms with van der Waals surface area (Å²) >= 11 is 0. The molecule has 9 heteroatoms. The number of hydrogen-bond donors (Lipinski definition) is 2. The molecule has 0 aromatic carbocycles. The van der Waals surface area contributed by atoms with E-state index < -0.39 is 0 Å². The molecule has 0 saturated carbocycles. The highest BCUT2D eigenvalue weighted by molar-refractivity contribution is 5.81. The van der Waals surface area contributed by atoms with Gasteiger partial charge in [0.15, 0.2) is 0 Å². The van der Waals surface area contributed by atoms with Gasteiger partial charge in [0.05, 0.1) is 6.33 Å². The lowest BCUT2D eigenvalue weighted by molar-refractivity contribution is -0.135. The number of carbonyl (C=O) groups excluding carboxylic acids is 1. The van der Waals surface area contributed by atoms with Gasteiger partial charge in [-0.05, 0) is 31.9 Å². The van der Waals surface area contributed by atoms with Gasteiger partial charge in [-0.2, -0.15) is 5.10 Å². The summed E-state index contributed by atoms with van der Waals surface area (Å²) in [6.45, 7) is 3.87.